The van der Waals surface area contributed by atoms with Crippen molar-refractivity contribution in [1.29, 1.82) is 0 Å². The van der Waals surface area contributed by atoms with Crippen LogP contribution in [0.2, 0.25) is 5.02 Å². The van der Waals surface area contributed by atoms with E-state index in [4.69, 9.17) is 21.1 Å². The van der Waals surface area contributed by atoms with Crippen LogP contribution in [0.15, 0.2) is 120 Å². The number of carbonyl (C=O) groups is 2. The Morgan fingerprint density at radius 2 is 1.55 bits per heavy atom. The van der Waals surface area contributed by atoms with E-state index in [1.54, 1.807) is 55.0 Å². The maximum Gasteiger partial charge on any atom is 0.226 e. The monoisotopic (exact) mass is 753 g/mol. The van der Waals surface area contributed by atoms with E-state index in [1.807, 2.05) is 86.0 Å². The normalized spacial score (nSPS) is 10.8. The van der Waals surface area contributed by atoms with Crippen molar-refractivity contribution in [1.82, 2.24) is 9.47 Å². The highest BCUT2D eigenvalue weighted by atomic mass is 35.5. The highest BCUT2D eigenvalue weighted by molar-refractivity contribution is 7.99. The number of anilines is 1. The van der Waals surface area contributed by atoms with Gasteiger partial charge in [0.1, 0.15) is 17.3 Å². The molecule has 2 amide bonds. The summed E-state index contributed by atoms with van der Waals surface area (Å²) in [6, 6.07) is 34.2. The zero-order chi connectivity index (χ0) is 37.7. The Kier molecular flexibility index (Phi) is 14.2. The first-order valence-corrected chi connectivity index (χ1v) is 18.8. The molecule has 1 aromatic heterocycles. The summed E-state index contributed by atoms with van der Waals surface area (Å²) in [6.07, 6.45) is 4.48. The Labute approximate surface area is 320 Å². The third-order valence-electron chi connectivity index (χ3n) is 8.96. The number of ether oxygens (including phenoxy) is 2. The summed E-state index contributed by atoms with van der Waals surface area (Å²) in [6.45, 7) is 1.21. The van der Waals surface area contributed by atoms with Crippen LogP contribution in [-0.2, 0) is 22.7 Å². The molecule has 7 nitrogen and oxygen atoms in total. The van der Waals surface area contributed by atoms with Crippen molar-refractivity contribution in [3.63, 3.8) is 0 Å². The zero-order valence-corrected chi connectivity index (χ0v) is 32.1. The predicted octanol–water partition coefficient (Wildman–Crippen LogP) is 10.3. The third kappa shape index (κ3) is 10.8. The van der Waals surface area contributed by atoms with Crippen LogP contribution in [0.3, 0.4) is 0 Å². The van der Waals surface area contributed by atoms with Gasteiger partial charge >= 0.3 is 0 Å². The minimum atomic E-state index is -0.229. The predicted molar refractivity (Wildman–Crippen MR) is 216 cm³/mol. The van der Waals surface area contributed by atoms with E-state index in [2.05, 4.69) is 16.7 Å². The minimum Gasteiger partial charge on any atom is -0.497 e. The highest BCUT2D eigenvalue weighted by Crippen LogP contribution is 2.28. The summed E-state index contributed by atoms with van der Waals surface area (Å²) in [5.74, 6) is 2.46. The molecule has 53 heavy (non-hydrogen) atoms. The average molecular weight is 754 g/mol. The van der Waals surface area contributed by atoms with Gasteiger partial charge in [-0.15, -0.1) is 11.8 Å². The summed E-state index contributed by atoms with van der Waals surface area (Å²) in [4.78, 5) is 29.7. The molecular formula is C43H45ClFN3O4S. The van der Waals surface area contributed by atoms with Gasteiger partial charge < -0.3 is 23.8 Å². The number of methoxy groups -OCH3 is 2. The lowest BCUT2D eigenvalue weighted by Gasteiger charge is -2.19. The zero-order valence-electron chi connectivity index (χ0n) is 30.6. The molecule has 276 valence electrons. The Bertz CT molecular complexity index is 2130. The molecule has 0 atom stereocenters. The Morgan fingerprint density at radius 3 is 2.32 bits per heavy atom. The largest absolute Gasteiger partial charge is 0.497 e. The number of aromatic nitrogens is 1. The van der Waals surface area contributed by atoms with Gasteiger partial charge in [-0.2, -0.15) is 0 Å². The summed E-state index contributed by atoms with van der Waals surface area (Å²) >= 11 is 7.79. The summed E-state index contributed by atoms with van der Waals surface area (Å²) in [5, 5.41) is 3.72. The van der Waals surface area contributed by atoms with E-state index in [9.17, 15) is 14.0 Å². The van der Waals surface area contributed by atoms with Gasteiger partial charge in [0.05, 0.1) is 19.9 Å². The van der Waals surface area contributed by atoms with Crippen molar-refractivity contribution in [2.24, 2.45) is 0 Å². The van der Waals surface area contributed by atoms with Gasteiger partial charge in [-0.1, -0.05) is 48.0 Å². The molecule has 6 rings (SSSR count). The standard InChI is InChI=1S/C23H21FN2O.C20H24ClNO3S/c1-25(22-9-4-7-17-6-2-3-8-20(17)22)23(27)10-5-14-26-15-13-18-16-19(24)11-12-21(18)26;1-22(14-15-13-16(21)6-11-19(15)25-3)20(23)5-4-12-26-18-9-7-17(24-2)8-10-18/h2-4,6-9,11-13,15-16H,5,10,14H2,1H3;6-11,13H,4-5,12,14H2,1-3H3. The van der Waals surface area contributed by atoms with Crippen LogP contribution in [0.25, 0.3) is 21.7 Å². The average Bonchev–Trinajstić information content (AvgIpc) is 3.58. The molecule has 0 aliphatic carbocycles. The molecule has 6 aromatic rings. The number of thioether (sulfide) groups is 1. The maximum atomic E-state index is 13.3. The minimum absolute atomic E-state index is 0.0915. The fraction of sp³-hybridized carbons (Fsp3) is 0.256. The number of halogens is 2. The van der Waals surface area contributed by atoms with Crippen molar-refractivity contribution in [2.75, 3.05) is 39.0 Å². The van der Waals surface area contributed by atoms with Gasteiger partial charge in [0, 0.05) is 78.0 Å². The lowest BCUT2D eigenvalue weighted by molar-refractivity contribution is -0.130. The molecule has 0 aliphatic rings. The number of hydrogen-bond acceptors (Lipinski definition) is 5. The molecule has 0 saturated carbocycles. The number of hydrogen-bond donors (Lipinski definition) is 0. The van der Waals surface area contributed by atoms with E-state index in [-0.39, 0.29) is 17.6 Å². The second-order valence-electron chi connectivity index (χ2n) is 12.6. The number of carbonyl (C=O) groups excluding carboxylic acids is 2. The SMILES string of the molecule is CN(C(=O)CCCn1ccc2cc(F)ccc21)c1cccc2ccccc12.COc1ccc(SCCCC(=O)N(C)Cc2cc(Cl)ccc2OC)cc1. The van der Waals surface area contributed by atoms with Crippen molar-refractivity contribution in [3.8, 4) is 11.5 Å². The molecule has 0 N–H and O–H groups in total. The number of nitrogens with zero attached hydrogens (tertiary/aromatic N) is 3. The van der Waals surface area contributed by atoms with Gasteiger partial charge in [-0.3, -0.25) is 9.59 Å². The number of fused-ring (bicyclic) bond motifs is 2. The van der Waals surface area contributed by atoms with E-state index in [1.165, 1.54) is 17.0 Å². The van der Waals surface area contributed by atoms with E-state index in [0.29, 0.717) is 24.4 Å². The fourth-order valence-electron chi connectivity index (χ4n) is 6.06. The second kappa shape index (κ2) is 19.2. The summed E-state index contributed by atoms with van der Waals surface area (Å²) in [7, 11) is 6.91. The molecule has 0 spiro atoms. The Balaban J connectivity index is 0.000000205. The van der Waals surface area contributed by atoms with E-state index in [0.717, 1.165) is 69.6 Å². The number of rotatable bonds is 14. The van der Waals surface area contributed by atoms with Crippen LogP contribution in [0.1, 0.15) is 31.2 Å². The quantitative estimate of drug-likeness (QED) is 0.0819. The molecule has 5 aromatic carbocycles. The van der Waals surface area contributed by atoms with Crippen LogP contribution < -0.4 is 14.4 Å². The number of aryl methyl sites for hydroxylation is 1. The second-order valence-corrected chi connectivity index (χ2v) is 14.2. The molecule has 0 unspecified atom stereocenters. The Hall–Kier alpha value is -4.99. The summed E-state index contributed by atoms with van der Waals surface area (Å²) in [5.41, 5.74) is 2.83. The van der Waals surface area contributed by atoms with Crippen LogP contribution in [0, 0.1) is 5.82 Å². The van der Waals surface area contributed by atoms with Crippen LogP contribution >= 0.6 is 23.4 Å². The Morgan fingerprint density at radius 1 is 0.792 bits per heavy atom. The molecule has 0 bridgehead atoms. The van der Waals surface area contributed by atoms with Crippen LogP contribution in [-0.4, -0.2) is 55.3 Å². The third-order valence-corrected chi connectivity index (χ3v) is 10.3. The maximum absolute atomic E-state index is 13.3. The highest BCUT2D eigenvalue weighted by Gasteiger charge is 2.15. The summed E-state index contributed by atoms with van der Waals surface area (Å²) < 4.78 is 25.9. The van der Waals surface area contributed by atoms with Gasteiger partial charge in [0.2, 0.25) is 11.8 Å². The molecule has 10 heteroatoms. The smallest absolute Gasteiger partial charge is 0.226 e. The van der Waals surface area contributed by atoms with Gasteiger partial charge in [0.15, 0.2) is 0 Å². The first-order chi connectivity index (χ1) is 25.7. The molecule has 1 heterocycles. The fourth-order valence-corrected chi connectivity index (χ4v) is 7.11. The van der Waals surface area contributed by atoms with E-state index >= 15 is 0 Å². The van der Waals surface area contributed by atoms with Crippen LogP contribution in [0.4, 0.5) is 10.1 Å². The first kappa shape index (κ1) is 39.2. The van der Waals surface area contributed by atoms with Gasteiger partial charge in [0.25, 0.3) is 0 Å². The molecular weight excluding hydrogens is 709 g/mol. The number of amides is 2. The van der Waals surface area contributed by atoms with Gasteiger partial charge in [-0.25, -0.2) is 4.39 Å². The van der Waals surface area contributed by atoms with Crippen molar-refractivity contribution < 1.29 is 23.5 Å². The molecule has 0 fully saturated rings. The lowest BCUT2D eigenvalue weighted by atomic mass is 10.1. The van der Waals surface area contributed by atoms with Crippen LogP contribution in [0.5, 0.6) is 11.5 Å². The lowest BCUT2D eigenvalue weighted by Crippen LogP contribution is -2.26. The first-order valence-electron chi connectivity index (χ1n) is 17.5. The van der Waals surface area contributed by atoms with E-state index < -0.39 is 0 Å². The topological polar surface area (TPSA) is 64.0 Å². The van der Waals surface area contributed by atoms with Crippen molar-refractivity contribution in [3.05, 3.63) is 132 Å². The number of benzene rings is 5. The van der Waals surface area contributed by atoms with Gasteiger partial charge in [-0.05, 0) is 96.8 Å². The van der Waals surface area contributed by atoms with Crippen molar-refractivity contribution in [2.45, 2.75) is 43.7 Å². The molecule has 0 saturated heterocycles. The van der Waals surface area contributed by atoms with Crippen molar-refractivity contribution >= 4 is 62.5 Å². The molecule has 0 radical (unpaired) electrons. The molecule has 0 aliphatic heterocycles.